The largest absolute Gasteiger partial charge is 0.396 e. The van der Waals surface area contributed by atoms with Crippen LogP contribution in [0, 0.1) is 0 Å². The summed E-state index contributed by atoms with van der Waals surface area (Å²) in [6.45, 7) is 0. The molecule has 4 aromatic heterocycles. The van der Waals surface area contributed by atoms with E-state index in [0.29, 0.717) is 16.3 Å². The Balaban J connectivity index is 1.70. The first kappa shape index (κ1) is 16.9. The number of anilines is 1. The van der Waals surface area contributed by atoms with E-state index < -0.39 is 0 Å². The number of hydrogen-bond acceptors (Lipinski definition) is 5. The fraction of sp³-hybridized carbons (Fsp3) is 0. The average Bonchev–Trinajstić information content (AvgIpc) is 3.47. The number of ketones is 1. The Morgan fingerprint density at radius 1 is 0.964 bits per heavy atom. The summed E-state index contributed by atoms with van der Waals surface area (Å²) >= 11 is 2.95. The number of carbonyl (C=O) groups excluding carboxylic acids is 1. The van der Waals surface area contributed by atoms with Crippen molar-refractivity contribution in [2.24, 2.45) is 0 Å². The molecule has 0 amide bonds. The number of carbonyl (C=O) groups is 1. The molecule has 0 aliphatic carbocycles. The van der Waals surface area contributed by atoms with Crippen LogP contribution in [-0.2, 0) is 0 Å². The molecule has 0 spiro atoms. The Bertz CT molecular complexity index is 1280. The smallest absolute Gasteiger partial charge is 0.221 e. The van der Waals surface area contributed by atoms with Gasteiger partial charge in [-0.05, 0) is 23.6 Å². The van der Waals surface area contributed by atoms with Crippen molar-refractivity contribution in [2.75, 3.05) is 5.73 Å². The second-order valence-corrected chi connectivity index (χ2v) is 8.11. The van der Waals surface area contributed by atoms with Gasteiger partial charge in [0.1, 0.15) is 10.7 Å². The van der Waals surface area contributed by atoms with Crippen molar-refractivity contribution >= 4 is 39.7 Å². The summed E-state index contributed by atoms with van der Waals surface area (Å²) < 4.78 is 1.87. The zero-order chi connectivity index (χ0) is 19.1. The van der Waals surface area contributed by atoms with E-state index in [-0.39, 0.29) is 5.78 Å². The first-order chi connectivity index (χ1) is 13.7. The highest BCUT2D eigenvalue weighted by Crippen LogP contribution is 2.39. The third kappa shape index (κ3) is 2.66. The SMILES string of the molecule is Nc1c(-c2nc(-c3ccccc3)cs2)c2ccccn2c1C(=O)c1cccs1. The number of pyridine rings is 1. The highest BCUT2D eigenvalue weighted by atomic mass is 32.1. The van der Waals surface area contributed by atoms with E-state index in [2.05, 4.69) is 0 Å². The number of thiophene rings is 1. The van der Waals surface area contributed by atoms with Crippen LogP contribution < -0.4 is 5.73 Å². The van der Waals surface area contributed by atoms with Crippen LogP contribution in [-0.4, -0.2) is 15.2 Å². The topological polar surface area (TPSA) is 60.4 Å². The predicted molar refractivity (Wildman–Crippen MR) is 116 cm³/mol. The minimum Gasteiger partial charge on any atom is -0.396 e. The Hall–Kier alpha value is -3.22. The van der Waals surface area contributed by atoms with Crippen LogP contribution in [0.2, 0.25) is 0 Å². The minimum absolute atomic E-state index is 0.0696. The van der Waals surface area contributed by atoms with Crippen molar-refractivity contribution < 1.29 is 4.79 Å². The summed E-state index contributed by atoms with van der Waals surface area (Å²) in [5, 5.41) is 4.73. The molecule has 0 aliphatic heterocycles. The highest BCUT2D eigenvalue weighted by molar-refractivity contribution is 7.13. The van der Waals surface area contributed by atoms with Gasteiger partial charge in [0, 0.05) is 17.1 Å². The molecule has 5 aromatic rings. The monoisotopic (exact) mass is 401 g/mol. The van der Waals surface area contributed by atoms with E-state index in [9.17, 15) is 4.79 Å². The van der Waals surface area contributed by atoms with Crippen molar-refractivity contribution in [3.8, 4) is 21.8 Å². The van der Waals surface area contributed by atoms with Crippen molar-refractivity contribution in [3.05, 3.63) is 88.2 Å². The number of fused-ring (bicyclic) bond motifs is 1. The van der Waals surface area contributed by atoms with Crippen LogP contribution in [0.15, 0.2) is 77.6 Å². The number of nitrogens with two attached hydrogens (primary N) is 1. The van der Waals surface area contributed by atoms with Gasteiger partial charge < -0.3 is 10.1 Å². The summed E-state index contributed by atoms with van der Waals surface area (Å²) in [6.07, 6.45) is 1.88. The number of nitrogen functional groups attached to an aromatic ring is 1. The fourth-order valence-electron chi connectivity index (χ4n) is 3.34. The number of nitrogens with zero attached hydrogens (tertiary/aromatic N) is 2. The molecule has 0 atom stereocenters. The van der Waals surface area contributed by atoms with Crippen molar-refractivity contribution in [1.82, 2.24) is 9.38 Å². The number of benzene rings is 1. The molecular weight excluding hydrogens is 386 g/mol. The van der Waals surface area contributed by atoms with Crippen molar-refractivity contribution in [1.29, 1.82) is 0 Å². The molecule has 0 unspecified atom stereocenters. The summed E-state index contributed by atoms with van der Waals surface area (Å²) in [6, 6.07) is 19.6. The molecule has 2 N–H and O–H groups in total. The lowest BCUT2D eigenvalue weighted by atomic mass is 10.1. The van der Waals surface area contributed by atoms with E-state index in [0.717, 1.165) is 27.3 Å². The zero-order valence-corrected chi connectivity index (χ0v) is 16.3. The first-order valence-corrected chi connectivity index (χ1v) is 10.5. The fourth-order valence-corrected chi connectivity index (χ4v) is 4.90. The molecule has 0 saturated heterocycles. The van der Waals surface area contributed by atoms with Gasteiger partial charge in [-0.2, -0.15) is 0 Å². The molecule has 6 heteroatoms. The van der Waals surface area contributed by atoms with Gasteiger partial charge in [0.15, 0.2) is 0 Å². The second-order valence-electron chi connectivity index (χ2n) is 6.30. The Kier molecular flexibility index (Phi) is 4.07. The standard InChI is InChI=1S/C22H15N3OS2/c23-19-18(22-24-15(13-28-22)14-7-2-1-3-8-14)16-9-4-5-11-25(16)20(19)21(26)17-10-6-12-27-17/h1-13H,23H2. The van der Waals surface area contributed by atoms with Crippen LogP contribution in [0.25, 0.3) is 27.3 Å². The lowest BCUT2D eigenvalue weighted by Crippen LogP contribution is -2.06. The van der Waals surface area contributed by atoms with Gasteiger partial charge in [-0.3, -0.25) is 4.79 Å². The van der Waals surface area contributed by atoms with Gasteiger partial charge in [-0.1, -0.05) is 42.5 Å². The Morgan fingerprint density at radius 2 is 1.79 bits per heavy atom. The van der Waals surface area contributed by atoms with Gasteiger partial charge in [0.05, 0.1) is 27.3 Å². The lowest BCUT2D eigenvalue weighted by molar-refractivity contribution is 0.103. The van der Waals surface area contributed by atoms with E-state index in [1.165, 1.54) is 22.7 Å². The normalized spacial score (nSPS) is 11.1. The van der Waals surface area contributed by atoms with Crippen LogP contribution in [0.3, 0.4) is 0 Å². The summed E-state index contributed by atoms with van der Waals surface area (Å²) in [4.78, 5) is 18.6. The molecule has 0 aliphatic rings. The molecule has 136 valence electrons. The van der Waals surface area contributed by atoms with Crippen molar-refractivity contribution in [3.63, 3.8) is 0 Å². The molecular formula is C22H15N3OS2. The third-order valence-electron chi connectivity index (χ3n) is 4.63. The maximum atomic E-state index is 13.1. The van der Waals surface area contributed by atoms with Crippen LogP contribution in [0.4, 0.5) is 5.69 Å². The molecule has 0 bridgehead atoms. The number of thiazole rings is 1. The number of rotatable bonds is 4. The summed E-state index contributed by atoms with van der Waals surface area (Å²) in [5.41, 5.74) is 11.2. The van der Waals surface area contributed by atoms with Crippen LogP contribution >= 0.6 is 22.7 Å². The zero-order valence-electron chi connectivity index (χ0n) is 14.7. The van der Waals surface area contributed by atoms with E-state index in [1.807, 2.05) is 82.0 Å². The quantitative estimate of drug-likeness (QED) is 0.399. The van der Waals surface area contributed by atoms with Gasteiger partial charge >= 0.3 is 0 Å². The molecule has 28 heavy (non-hydrogen) atoms. The van der Waals surface area contributed by atoms with Gasteiger partial charge in [0.2, 0.25) is 5.78 Å². The Morgan fingerprint density at radius 3 is 2.57 bits per heavy atom. The second kappa shape index (κ2) is 6.74. The number of aromatic nitrogens is 2. The molecule has 0 radical (unpaired) electrons. The van der Waals surface area contributed by atoms with Crippen molar-refractivity contribution in [2.45, 2.75) is 0 Å². The van der Waals surface area contributed by atoms with E-state index in [4.69, 9.17) is 10.7 Å². The maximum Gasteiger partial charge on any atom is 0.221 e. The summed E-state index contributed by atoms with van der Waals surface area (Å²) in [7, 11) is 0. The highest BCUT2D eigenvalue weighted by Gasteiger charge is 2.25. The molecule has 4 nitrogen and oxygen atoms in total. The summed E-state index contributed by atoms with van der Waals surface area (Å²) in [5.74, 6) is -0.0696. The third-order valence-corrected chi connectivity index (χ3v) is 6.36. The van der Waals surface area contributed by atoms with E-state index in [1.54, 1.807) is 0 Å². The van der Waals surface area contributed by atoms with Gasteiger partial charge in [0.25, 0.3) is 0 Å². The average molecular weight is 402 g/mol. The molecule has 1 aromatic carbocycles. The van der Waals surface area contributed by atoms with Crippen LogP contribution in [0.1, 0.15) is 15.4 Å². The lowest BCUT2D eigenvalue weighted by Gasteiger charge is -2.01. The van der Waals surface area contributed by atoms with E-state index >= 15 is 0 Å². The van der Waals surface area contributed by atoms with Crippen LogP contribution in [0.5, 0.6) is 0 Å². The first-order valence-electron chi connectivity index (χ1n) is 8.72. The van der Waals surface area contributed by atoms with Gasteiger partial charge in [-0.15, -0.1) is 22.7 Å². The molecule has 0 fully saturated rings. The Labute approximate surface area is 169 Å². The minimum atomic E-state index is -0.0696. The predicted octanol–water partition coefficient (Wildman–Crippen LogP) is 5.60. The molecule has 5 rings (SSSR count). The molecule has 0 saturated carbocycles. The maximum absolute atomic E-state index is 13.1. The number of hydrogen-bond donors (Lipinski definition) is 1. The van der Waals surface area contributed by atoms with Gasteiger partial charge in [-0.25, -0.2) is 4.98 Å². The molecule has 4 heterocycles.